The van der Waals surface area contributed by atoms with Crippen LogP contribution in [0.15, 0.2) is 60.7 Å². The average molecular weight is 310 g/mol. The Morgan fingerprint density at radius 2 is 1.50 bits per heavy atom. The van der Waals surface area contributed by atoms with Crippen molar-refractivity contribution in [3.05, 3.63) is 71.8 Å². The van der Waals surface area contributed by atoms with E-state index in [1.165, 1.54) is 29.8 Å². The Morgan fingerprint density at radius 1 is 0.955 bits per heavy atom. The molecule has 1 saturated heterocycles. The van der Waals surface area contributed by atoms with Gasteiger partial charge in [0.2, 0.25) is 0 Å². The average Bonchev–Trinajstić information content (AvgIpc) is 2.99. The fourth-order valence-electron chi connectivity index (χ4n) is 3.54. The zero-order valence-corrected chi connectivity index (χ0v) is 14.5. The van der Waals surface area contributed by atoms with E-state index in [4.69, 9.17) is 0 Å². The molecule has 1 fully saturated rings. The summed E-state index contributed by atoms with van der Waals surface area (Å²) in [6.45, 7) is 2.31. The molecule has 3 rings (SSSR count). The minimum Gasteiger partial charge on any atom is -0.310 e. The van der Waals surface area contributed by atoms with Crippen LogP contribution in [0.4, 0.5) is 0 Å². The Kier molecular flexibility index (Phi) is 4.77. The standard InChI is InChI=1S/C19H25N2Si/c1-21(2)14-16-22-15-13-20-19(22,17-9-5-3-6-10-17)18-11-7-4-8-12-18/h3-12,20H,13-16H2,1-2H3. The Balaban J connectivity index is 2.03. The van der Waals surface area contributed by atoms with Crippen LogP contribution in [0.5, 0.6) is 0 Å². The van der Waals surface area contributed by atoms with Gasteiger partial charge in [-0.2, -0.15) is 0 Å². The maximum Gasteiger partial charge on any atom is 0.0876 e. The van der Waals surface area contributed by atoms with Crippen molar-refractivity contribution in [1.29, 1.82) is 0 Å². The molecule has 3 heteroatoms. The zero-order chi connectivity index (χ0) is 15.4. The van der Waals surface area contributed by atoms with E-state index in [-0.39, 0.29) is 5.16 Å². The highest BCUT2D eigenvalue weighted by Gasteiger charge is 2.46. The summed E-state index contributed by atoms with van der Waals surface area (Å²) in [7, 11) is 3.79. The van der Waals surface area contributed by atoms with Crippen LogP contribution in [-0.2, 0) is 5.16 Å². The largest absolute Gasteiger partial charge is 0.310 e. The fraction of sp³-hybridized carbons (Fsp3) is 0.368. The molecule has 1 N–H and O–H groups in total. The van der Waals surface area contributed by atoms with Crippen LogP contribution in [-0.4, -0.2) is 40.9 Å². The van der Waals surface area contributed by atoms with Crippen LogP contribution in [0, 0.1) is 0 Å². The summed E-state index contributed by atoms with van der Waals surface area (Å²) in [5.74, 6) is 0. The zero-order valence-electron chi connectivity index (χ0n) is 13.5. The summed E-state index contributed by atoms with van der Waals surface area (Å²) in [4.78, 5) is 2.32. The van der Waals surface area contributed by atoms with E-state index in [2.05, 4.69) is 85.0 Å². The molecule has 0 aliphatic carbocycles. The Morgan fingerprint density at radius 3 is 2.00 bits per heavy atom. The Labute approximate surface area is 135 Å². The van der Waals surface area contributed by atoms with Crippen LogP contribution in [0.25, 0.3) is 0 Å². The first-order chi connectivity index (χ1) is 10.7. The van der Waals surface area contributed by atoms with Gasteiger partial charge in [0.15, 0.2) is 0 Å². The molecule has 2 aromatic carbocycles. The highest BCUT2D eigenvalue weighted by molar-refractivity contribution is 6.64. The monoisotopic (exact) mass is 309 g/mol. The van der Waals surface area contributed by atoms with Gasteiger partial charge in [0.05, 0.1) is 14.0 Å². The summed E-state index contributed by atoms with van der Waals surface area (Å²) in [5, 5.41) is 3.96. The van der Waals surface area contributed by atoms with E-state index in [9.17, 15) is 0 Å². The number of hydrogen-bond acceptors (Lipinski definition) is 2. The van der Waals surface area contributed by atoms with Gasteiger partial charge in [-0.05, 0) is 50.4 Å². The first kappa shape index (κ1) is 15.5. The number of rotatable bonds is 5. The maximum atomic E-state index is 3.90. The smallest absolute Gasteiger partial charge is 0.0876 e. The summed E-state index contributed by atoms with van der Waals surface area (Å²) in [6.07, 6.45) is 0. The summed E-state index contributed by atoms with van der Waals surface area (Å²) in [5.41, 5.74) is 2.87. The van der Waals surface area contributed by atoms with Crippen molar-refractivity contribution in [3.63, 3.8) is 0 Å². The SMILES string of the molecule is CN(C)CC[Si]1CCNC1(c1ccccc1)c1ccccc1. The number of benzene rings is 2. The number of hydrogen-bond donors (Lipinski definition) is 1. The van der Waals surface area contributed by atoms with Crippen molar-refractivity contribution in [2.45, 2.75) is 17.3 Å². The highest BCUT2D eigenvalue weighted by atomic mass is 28.3. The number of nitrogens with one attached hydrogen (secondary N) is 1. The summed E-state index contributed by atoms with van der Waals surface area (Å²) in [6, 6.07) is 24.8. The molecule has 0 atom stereocenters. The van der Waals surface area contributed by atoms with Crippen molar-refractivity contribution in [2.24, 2.45) is 0 Å². The molecule has 2 nitrogen and oxygen atoms in total. The lowest BCUT2D eigenvalue weighted by molar-refractivity contribution is 0.430. The molecule has 0 bridgehead atoms. The first-order valence-corrected chi connectivity index (χ1v) is 10.0. The Bertz CT molecular complexity index is 543. The lowest BCUT2D eigenvalue weighted by Crippen LogP contribution is -2.49. The molecule has 1 aliphatic heterocycles. The predicted molar refractivity (Wildman–Crippen MR) is 95.6 cm³/mol. The lowest BCUT2D eigenvalue weighted by atomic mass is 9.97. The van der Waals surface area contributed by atoms with Crippen LogP contribution in [0.2, 0.25) is 12.1 Å². The van der Waals surface area contributed by atoms with Gasteiger partial charge in [-0.15, -0.1) is 0 Å². The maximum absolute atomic E-state index is 3.90. The molecular weight excluding hydrogens is 284 g/mol. The predicted octanol–water partition coefficient (Wildman–Crippen LogP) is 3.13. The minimum atomic E-state index is -0.562. The van der Waals surface area contributed by atoms with Gasteiger partial charge in [0.1, 0.15) is 0 Å². The van der Waals surface area contributed by atoms with Crippen LogP contribution < -0.4 is 5.32 Å². The van der Waals surface area contributed by atoms with Crippen molar-refractivity contribution in [1.82, 2.24) is 10.2 Å². The molecule has 0 aromatic heterocycles. The molecule has 22 heavy (non-hydrogen) atoms. The highest BCUT2D eigenvalue weighted by Crippen LogP contribution is 2.38. The second kappa shape index (κ2) is 6.78. The molecular formula is C19H25N2Si. The Hall–Kier alpha value is -1.42. The van der Waals surface area contributed by atoms with Crippen LogP contribution >= 0.6 is 0 Å². The molecule has 115 valence electrons. The first-order valence-electron chi connectivity index (χ1n) is 8.09. The van der Waals surface area contributed by atoms with Gasteiger partial charge in [-0.3, -0.25) is 0 Å². The van der Waals surface area contributed by atoms with E-state index in [1.807, 2.05) is 0 Å². The van der Waals surface area contributed by atoms with E-state index in [0.717, 1.165) is 6.54 Å². The third kappa shape index (κ3) is 2.89. The quantitative estimate of drug-likeness (QED) is 0.854. The van der Waals surface area contributed by atoms with Crippen LogP contribution in [0.1, 0.15) is 11.1 Å². The fourth-order valence-corrected chi connectivity index (χ4v) is 7.21. The van der Waals surface area contributed by atoms with E-state index in [1.54, 1.807) is 0 Å². The molecule has 1 radical (unpaired) electrons. The molecule has 2 aromatic rings. The van der Waals surface area contributed by atoms with Gasteiger partial charge >= 0.3 is 0 Å². The van der Waals surface area contributed by atoms with Crippen LogP contribution in [0.3, 0.4) is 0 Å². The van der Waals surface area contributed by atoms with Crippen molar-refractivity contribution >= 4 is 8.80 Å². The van der Waals surface area contributed by atoms with Gasteiger partial charge in [-0.1, -0.05) is 60.7 Å². The summed E-state index contributed by atoms with van der Waals surface area (Å²) < 4.78 is 0. The molecule has 0 saturated carbocycles. The third-order valence-electron chi connectivity index (χ3n) is 4.62. The minimum absolute atomic E-state index is 0.0587. The van der Waals surface area contributed by atoms with E-state index < -0.39 is 8.80 Å². The van der Waals surface area contributed by atoms with Gasteiger partial charge in [0.25, 0.3) is 0 Å². The molecule has 1 aliphatic rings. The van der Waals surface area contributed by atoms with Crippen molar-refractivity contribution < 1.29 is 0 Å². The van der Waals surface area contributed by atoms with Crippen molar-refractivity contribution in [2.75, 3.05) is 27.2 Å². The van der Waals surface area contributed by atoms with E-state index >= 15 is 0 Å². The van der Waals surface area contributed by atoms with Gasteiger partial charge in [0, 0.05) is 0 Å². The number of nitrogens with zero attached hydrogens (tertiary/aromatic N) is 1. The molecule has 0 amide bonds. The molecule has 0 spiro atoms. The lowest BCUT2D eigenvalue weighted by Gasteiger charge is -2.37. The third-order valence-corrected chi connectivity index (χ3v) is 8.12. The van der Waals surface area contributed by atoms with E-state index in [0.29, 0.717) is 0 Å². The normalized spacial score (nSPS) is 18.0. The van der Waals surface area contributed by atoms with Crippen molar-refractivity contribution in [3.8, 4) is 0 Å². The molecule has 0 unspecified atom stereocenters. The molecule has 1 heterocycles. The summed E-state index contributed by atoms with van der Waals surface area (Å²) >= 11 is 0. The second-order valence-electron chi connectivity index (χ2n) is 6.32. The second-order valence-corrected chi connectivity index (χ2v) is 9.27. The van der Waals surface area contributed by atoms with Gasteiger partial charge in [-0.25, -0.2) is 0 Å². The van der Waals surface area contributed by atoms with Gasteiger partial charge < -0.3 is 10.2 Å². The topological polar surface area (TPSA) is 15.3 Å².